The van der Waals surface area contributed by atoms with E-state index in [1.54, 1.807) is 30.5 Å². The lowest BCUT2D eigenvalue weighted by Gasteiger charge is -2.11. The first-order chi connectivity index (χ1) is 11.6. The van der Waals surface area contributed by atoms with Gasteiger partial charge in [0, 0.05) is 36.8 Å². The minimum absolute atomic E-state index is 0.0343. The third kappa shape index (κ3) is 5.96. The van der Waals surface area contributed by atoms with Crippen LogP contribution in [0, 0.1) is 12.7 Å². The molecule has 6 nitrogen and oxygen atoms in total. The van der Waals surface area contributed by atoms with Gasteiger partial charge < -0.3 is 16.0 Å². The molecular formula is C16H20FN5OS. The van der Waals surface area contributed by atoms with E-state index in [1.165, 1.54) is 17.0 Å². The van der Waals surface area contributed by atoms with Crippen molar-refractivity contribution in [2.45, 2.75) is 13.3 Å². The number of rotatable bonds is 6. The summed E-state index contributed by atoms with van der Waals surface area (Å²) in [5.41, 5.74) is 0.420. The number of amides is 1. The van der Waals surface area contributed by atoms with Crippen molar-refractivity contribution in [3.63, 3.8) is 0 Å². The van der Waals surface area contributed by atoms with E-state index >= 15 is 0 Å². The maximum absolute atomic E-state index is 13.1. The highest BCUT2D eigenvalue weighted by Gasteiger charge is 2.05. The average molecular weight is 349 g/mol. The summed E-state index contributed by atoms with van der Waals surface area (Å²) < 4.78 is 13.1. The molecule has 0 spiro atoms. The van der Waals surface area contributed by atoms with Gasteiger partial charge in [0.25, 0.3) is 0 Å². The minimum atomic E-state index is -0.393. The topological polar surface area (TPSA) is 78.4 Å². The van der Waals surface area contributed by atoms with Crippen LogP contribution in [0.2, 0.25) is 0 Å². The van der Waals surface area contributed by atoms with E-state index in [2.05, 4.69) is 25.9 Å². The minimum Gasteiger partial charge on any atom is -0.356 e. The largest absolute Gasteiger partial charge is 0.356 e. The molecule has 0 atom stereocenters. The zero-order valence-electron chi connectivity index (χ0n) is 13.6. The fourth-order valence-electron chi connectivity index (χ4n) is 1.96. The molecule has 0 saturated heterocycles. The lowest BCUT2D eigenvalue weighted by Crippen LogP contribution is -2.42. The van der Waals surface area contributed by atoms with Crippen molar-refractivity contribution in [2.24, 2.45) is 4.99 Å². The van der Waals surface area contributed by atoms with Gasteiger partial charge in [-0.25, -0.2) is 9.37 Å². The summed E-state index contributed by atoms with van der Waals surface area (Å²) >= 11 is 1.66. The van der Waals surface area contributed by atoms with Crippen LogP contribution in [0.3, 0.4) is 0 Å². The Balaban J connectivity index is 1.71. The smallest absolute Gasteiger partial charge is 0.243 e. The molecule has 0 aliphatic heterocycles. The highest BCUT2D eigenvalue weighted by molar-refractivity contribution is 7.11. The van der Waals surface area contributed by atoms with Gasteiger partial charge in [-0.1, -0.05) is 6.07 Å². The zero-order valence-corrected chi connectivity index (χ0v) is 14.4. The van der Waals surface area contributed by atoms with Crippen LogP contribution in [0.4, 0.5) is 10.1 Å². The van der Waals surface area contributed by atoms with Crippen LogP contribution in [0.25, 0.3) is 0 Å². The number of carbonyl (C=O) groups excluding carboxylic acids is 1. The standard InChI is InChI=1S/C16H20FN5OS/c1-11-9-20-15(24-11)6-7-19-16(18-2)21-10-14(23)22-13-5-3-4-12(17)8-13/h3-5,8-9H,6-7,10H2,1-2H3,(H,22,23)(H2,18,19,21). The van der Waals surface area contributed by atoms with E-state index in [0.29, 0.717) is 18.2 Å². The maximum atomic E-state index is 13.1. The van der Waals surface area contributed by atoms with Crippen molar-refractivity contribution in [3.8, 4) is 0 Å². The number of hydrogen-bond donors (Lipinski definition) is 3. The van der Waals surface area contributed by atoms with Gasteiger partial charge >= 0.3 is 0 Å². The van der Waals surface area contributed by atoms with E-state index in [4.69, 9.17) is 0 Å². The molecule has 2 rings (SSSR count). The second-order valence-corrected chi connectivity index (χ2v) is 6.35. The lowest BCUT2D eigenvalue weighted by molar-refractivity contribution is -0.115. The number of nitrogens with zero attached hydrogens (tertiary/aromatic N) is 2. The molecule has 1 aromatic heterocycles. The SMILES string of the molecule is CN=C(NCCc1ncc(C)s1)NCC(=O)Nc1cccc(F)c1. The molecule has 0 aliphatic rings. The predicted octanol–water partition coefficient (Wildman–Crippen LogP) is 1.94. The number of nitrogens with one attached hydrogen (secondary N) is 3. The summed E-state index contributed by atoms with van der Waals surface area (Å²) in [5.74, 6) is -0.146. The first-order valence-electron chi connectivity index (χ1n) is 7.48. The average Bonchev–Trinajstić information content (AvgIpc) is 2.96. The first-order valence-corrected chi connectivity index (χ1v) is 8.29. The van der Waals surface area contributed by atoms with E-state index in [1.807, 2.05) is 13.1 Å². The summed E-state index contributed by atoms with van der Waals surface area (Å²) in [6.07, 6.45) is 2.64. The van der Waals surface area contributed by atoms with Crippen LogP contribution in [-0.4, -0.2) is 37.0 Å². The molecule has 3 N–H and O–H groups in total. The number of hydrogen-bond acceptors (Lipinski definition) is 4. The second-order valence-electron chi connectivity index (χ2n) is 5.03. The number of anilines is 1. The number of guanidine groups is 1. The summed E-state index contributed by atoms with van der Waals surface area (Å²) in [7, 11) is 1.63. The molecule has 2 aromatic rings. The summed E-state index contributed by atoms with van der Waals surface area (Å²) in [6.45, 7) is 2.72. The first kappa shape index (κ1) is 17.9. The van der Waals surface area contributed by atoms with Crippen molar-refractivity contribution >= 4 is 28.9 Å². The van der Waals surface area contributed by atoms with Crippen LogP contribution in [0.5, 0.6) is 0 Å². The molecular weight excluding hydrogens is 329 g/mol. The van der Waals surface area contributed by atoms with Gasteiger partial charge in [0.05, 0.1) is 11.6 Å². The van der Waals surface area contributed by atoms with Crippen molar-refractivity contribution in [3.05, 3.63) is 46.2 Å². The fraction of sp³-hybridized carbons (Fsp3) is 0.312. The number of thiazole rings is 1. The Kier molecular flexibility index (Phi) is 6.68. The van der Waals surface area contributed by atoms with Gasteiger partial charge in [0.2, 0.25) is 5.91 Å². The molecule has 8 heteroatoms. The Morgan fingerprint density at radius 1 is 1.38 bits per heavy atom. The number of aliphatic imine (C=N–C) groups is 1. The third-order valence-corrected chi connectivity index (χ3v) is 4.02. The van der Waals surface area contributed by atoms with Gasteiger partial charge in [-0.15, -0.1) is 11.3 Å². The van der Waals surface area contributed by atoms with Crippen LogP contribution < -0.4 is 16.0 Å². The zero-order chi connectivity index (χ0) is 17.4. The van der Waals surface area contributed by atoms with Crippen molar-refractivity contribution in [2.75, 3.05) is 25.5 Å². The van der Waals surface area contributed by atoms with E-state index in [0.717, 1.165) is 11.4 Å². The Morgan fingerprint density at radius 2 is 2.21 bits per heavy atom. The normalized spacial score (nSPS) is 11.2. The Bertz CT molecular complexity index is 716. The van der Waals surface area contributed by atoms with E-state index in [-0.39, 0.29) is 12.5 Å². The van der Waals surface area contributed by atoms with Gasteiger partial charge in [-0.05, 0) is 25.1 Å². The molecule has 0 bridgehead atoms. The van der Waals surface area contributed by atoms with Crippen LogP contribution >= 0.6 is 11.3 Å². The second kappa shape index (κ2) is 8.97. The van der Waals surface area contributed by atoms with Crippen molar-refractivity contribution in [1.82, 2.24) is 15.6 Å². The Morgan fingerprint density at radius 3 is 2.88 bits per heavy atom. The van der Waals surface area contributed by atoms with Crippen LogP contribution in [0.1, 0.15) is 9.88 Å². The Hall–Kier alpha value is -2.48. The fourth-order valence-corrected chi connectivity index (χ4v) is 2.75. The summed E-state index contributed by atoms with van der Waals surface area (Å²) in [6, 6.07) is 5.76. The summed E-state index contributed by atoms with van der Waals surface area (Å²) in [4.78, 5) is 21.4. The van der Waals surface area contributed by atoms with Crippen molar-refractivity contribution in [1.29, 1.82) is 0 Å². The van der Waals surface area contributed by atoms with Gasteiger partial charge in [0.1, 0.15) is 5.82 Å². The number of halogens is 1. The third-order valence-electron chi connectivity index (χ3n) is 3.05. The number of benzene rings is 1. The molecule has 0 unspecified atom stereocenters. The monoisotopic (exact) mass is 349 g/mol. The van der Waals surface area contributed by atoms with E-state index < -0.39 is 5.82 Å². The molecule has 1 heterocycles. The number of aryl methyl sites for hydroxylation is 1. The van der Waals surface area contributed by atoms with Crippen LogP contribution in [0.15, 0.2) is 35.5 Å². The van der Waals surface area contributed by atoms with Gasteiger partial charge in [0.15, 0.2) is 5.96 Å². The molecule has 0 aliphatic carbocycles. The van der Waals surface area contributed by atoms with Gasteiger partial charge in [-0.3, -0.25) is 9.79 Å². The maximum Gasteiger partial charge on any atom is 0.243 e. The van der Waals surface area contributed by atoms with Gasteiger partial charge in [-0.2, -0.15) is 0 Å². The molecule has 128 valence electrons. The molecule has 0 radical (unpaired) electrons. The molecule has 1 amide bonds. The predicted molar refractivity (Wildman–Crippen MR) is 94.9 cm³/mol. The molecule has 0 saturated carbocycles. The Labute approximate surface area is 144 Å². The highest BCUT2D eigenvalue weighted by Crippen LogP contribution is 2.11. The molecule has 0 fully saturated rings. The van der Waals surface area contributed by atoms with Crippen molar-refractivity contribution < 1.29 is 9.18 Å². The summed E-state index contributed by atoms with van der Waals surface area (Å²) in [5, 5.41) is 9.70. The van der Waals surface area contributed by atoms with Crippen LogP contribution in [-0.2, 0) is 11.2 Å². The lowest BCUT2D eigenvalue weighted by atomic mass is 10.3. The highest BCUT2D eigenvalue weighted by atomic mass is 32.1. The quantitative estimate of drug-likeness (QED) is 0.550. The number of aromatic nitrogens is 1. The molecule has 1 aromatic carbocycles. The van der Waals surface area contributed by atoms with E-state index in [9.17, 15) is 9.18 Å². The molecule has 24 heavy (non-hydrogen) atoms. The number of carbonyl (C=O) groups is 1.